The minimum Gasteiger partial charge on any atom is -0.328 e. The SMILES string of the molecule is CCN1/C(=N\NC=O)C(C)(C)c2ccccc21. The summed E-state index contributed by atoms with van der Waals surface area (Å²) in [5, 5.41) is 4.19. The number of para-hydroxylation sites is 1. The molecule has 0 bridgehead atoms. The van der Waals surface area contributed by atoms with Crippen molar-refractivity contribution in [2.45, 2.75) is 26.2 Å². The standard InChI is InChI=1S/C13H17N3O/c1-4-16-11-8-6-5-7-10(11)13(2,3)12(16)15-14-9-17/h5-9H,4H2,1-3H3,(H,14,17)/b15-12-. The molecule has 17 heavy (non-hydrogen) atoms. The van der Waals surface area contributed by atoms with Gasteiger partial charge < -0.3 is 4.90 Å². The number of anilines is 1. The number of likely N-dealkylation sites (N-methyl/N-ethyl adjacent to an activating group) is 1. The van der Waals surface area contributed by atoms with E-state index in [1.54, 1.807) is 0 Å². The van der Waals surface area contributed by atoms with E-state index in [1.807, 2.05) is 12.1 Å². The Morgan fingerprint density at radius 3 is 2.76 bits per heavy atom. The number of nitrogens with zero attached hydrogens (tertiary/aromatic N) is 2. The third-order valence-corrected chi connectivity index (χ3v) is 3.22. The summed E-state index contributed by atoms with van der Waals surface area (Å²) in [4.78, 5) is 12.5. The Labute approximate surface area is 101 Å². The molecule has 2 rings (SSSR count). The van der Waals surface area contributed by atoms with Crippen LogP contribution < -0.4 is 10.3 Å². The van der Waals surface area contributed by atoms with E-state index in [9.17, 15) is 4.79 Å². The smallest absolute Gasteiger partial charge is 0.227 e. The van der Waals surface area contributed by atoms with Crippen molar-refractivity contribution in [3.05, 3.63) is 29.8 Å². The molecular weight excluding hydrogens is 214 g/mol. The molecule has 1 N–H and O–H groups in total. The maximum absolute atomic E-state index is 10.4. The lowest BCUT2D eigenvalue weighted by Gasteiger charge is -2.23. The van der Waals surface area contributed by atoms with Crippen LogP contribution in [0.15, 0.2) is 29.4 Å². The minimum atomic E-state index is -0.178. The van der Waals surface area contributed by atoms with Crippen molar-refractivity contribution in [3.63, 3.8) is 0 Å². The van der Waals surface area contributed by atoms with Crippen LogP contribution >= 0.6 is 0 Å². The van der Waals surface area contributed by atoms with Crippen LogP contribution in [-0.2, 0) is 10.2 Å². The average Bonchev–Trinajstić information content (AvgIpc) is 2.55. The molecule has 0 radical (unpaired) electrons. The highest BCUT2D eigenvalue weighted by Crippen LogP contribution is 2.41. The predicted molar refractivity (Wildman–Crippen MR) is 69.1 cm³/mol. The number of amidine groups is 1. The number of nitrogens with one attached hydrogen (secondary N) is 1. The number of carbonyl (C=O) groups is 1. The fourth-order valence-electron chi connectivity index (χ4n) is 2.42. The Balaban J connectivity index is 2.54. The van der Waals surface area contributed by atoms with Crippen LogP contribution in [0, 0.1) is 0 Å². The first-order valence-electron chi connectivity index (χ1n) is 5.77. The molecule has 1 aliphatic heterocycles. The van der Waals surface area contributed by atoms with E-state index in [2.05, 4.69) is 48.3 Å². The number of rotatable bonds is 3. The normalized spacial score (nSPS) is 19.2. The molecule has 0 saturated carbocycles. The predicted octanol–water partition coefficient (Wildman–Crippen LogP) is 1.86. The van der Waals surface area contributed by atoms with Gasteiger partial charge in [-0.2, -0.15) is 5.10 Å². The monoisotopic (exact) mass is 231 g/mol. The van der Waals surface area contributed by atoms with Crippen LogP contribution in [0.25, 0.3) is 0 Å². The fourth-order valence-corrected chi connectivity index (χ4v) is 2.42. The minimum absolute atomic E-state index is 0.178. The Bertz CT molecular complexity index is 465. The van der Waals surface area contributed by atoms with Crippen LogP contribution in [0.5, 0.6) is 0 Å². The van der Waals surface area contributed by atoms with E-state index >= 15 is 0 Å². The summed E-state index contributed by atoms with van der Waals surface area (Å²) >= 11 is 0. The summed E-state index contributed by atoms with van der Waals surface area (Å²) in [6.45, 7) is 7.15. The Kier molecular flexibility index (Phi) is 2.88. The van der Waals surface area contributed by atoms with Gasteiger partial charge in [0.25, 0.3) is 0 Å². The average molecular weight is 231 g/mol. The Morgan fingerprint density at radius 1 is 1.41 bits per heavy atom. The molecule has 0 unspecified atom stereocenters. The van der Waals surface area contributed by atoms with Gasteiger partial charge in [-0.05, 0) is 32.4 Å². The molecular formula is C13H17N3O. The molecule has 90 valence electrons. The maximum Gasteiger partial charge on any atom is 0.227 e. The van der Waals surface area contributed by atoms with Crippen molar-refractivity contribution < 1.29 is 4.79 Å². The summed E-state index contributed by atoms with van der Waals surface area (Å²) in [7, 11) is 0. The fraction of sp³-hybridized carbons (Fsp3) is 0.385. The van der Waals surface area contributed by atoms with Gasteiger partial charge in [0.1, 0.15) is 5.84 Å². The van der Waals surface area contributed by atoms with Crippen LogP contribution in [0.4, 0.5) is 5.69 Å². The van der Waals surface area contributed by atoms with Gasteiger partial charge >= 0.3 is 0 Å². The van der Waals surface area contributed by atoms with Gasteiger partial charge in [0.05, 0.1) is 5.41 Å². The second-order valence-electron chi connectivity index (χ2n) is 4.57. The first kappa shape index (κ1) is 11.6. The van der Waals surface area contributed by atoms with Crippen molar-refractivity contribution in [1.29, 1.82) is 0 Å². The molecule has 0 aromatic heterocycles. The highest BCUT2D eigenvalue weighted by atomic mass is 16.1. The van der Waals surface area contributed by atoms with Crippen molar-refractivity contribution >= 4 is 17.9 Å². The molecule has 0 fully saturated rings. The van der Waals surface area contributed by atoms with E-state index in [0.29, 0.717) is 6.41 Å². The Hall–Kier alpha value is -1.84. The summed E-state index contributed by atoms with van der Waals surface area (Å²) in [5.41, 5.74) is 4.65. The second kappa shape index (κ2) is 4.20. The summed E-state index contributed by atoms with van der Waals surface area (Å²) in [5.74, 6) is 0.883. The van der Waals surface area contributed by atoms with Gasteiger partial charge in [-0.25, -0.2) is 5.43 Å². The zero-order valence-corrected chi connectivity index (χ0v) is 10.4. The molecule has 1 heterocycles. The van der Waals surface area contributed by atoms with E-state index < -0.39 is 0 Å². The van der Waals surface area contributed by atoms with Gasteiger partial charge in [-0.15, -0.1) is 0 Å². The third kappa shape index (κ3) is 1.69. The molecule has 1 aromatic rings. The van der Waals surface area contributed by atoms with Crippen LogP contribution in [-0.4, -0.2) is 18.8 Å². The maximum atomic E-state index is 10.4. The highest BCUT2D eigenvalue weighted by Gasteiger charge is 2.41. The number of hydrazone groups is 1. The Morgan fingerprint density at radius 2 is 2.12 bits per heavy atom. The highest BCUT2D eigenvalue weighted by molar-refractivity contribution is 6.11. The molecule has 1 aromatic carbocycles. The molecule has 1 amide bonds. The molecule has 1 aliphatic rings. The molecule has 0 saturated heterocycles. The lowest BCUT2D eigenvalue weighted by Crippen LogP contribution is -2.37. The van der Waals surface area contributed by atoms with Crippen molar-refractivity contribution in [1.82, 2.24) is 5.43 Å². The van der Waals surface area contributed by atoms with Gasteiger partial charge in [0, 0.05) is 12.2 Å². The van der Waals surface area contributed by atoms with E-state index in [-0.39, 0.29) is 5.41 Å². The van der Waals surface area contributed by atoms with Gasteiger partial charge in [-0.3, -0.25) is 4.79 Å². The van der Waals surface area contributed by atoms with Gasteiger partial charge in [0.15, 0.2) is 0 Å². The zero-order chi connectivity index (χ0) is 12.5. The number of amides is 1. The number of hydrogen-bond acceptors (Lipinski definition) is 2. The number of carbonyl (C=O) groups excluding carboxylic acids is 1. The summed E-state index contributed by atoms with van der Waals surface area (Å²) in [6, 6.07) is 8.25. The molecule has 0 aliphatic carbocycles. The topological polar surface area (TPSA) is 44.7 Å². The lowest BCUT2D eigenvalue weighted by atomic mass is 9.86. The van der Waals surface area contributed by atoms with Crippen LogP contribution in [0.1, 0.15) is 26.3 Å². The quantitative estimate of drug-likeness (QED) is 0.637. The number of fused-ring (bicyclic) bond motifs is 1. The first-order valence-corrected chi connectivity index (χ1v) is 5.77. The van der Waals surface area contributed by atoms with E-state index in [4.69, 9.17) is 0 Å². The van der Waals surface area contributed by atoms with Crippen LogP contribution in [0.2, 0.25) is 0 Å². The van der Waals surface area contributed by atoms with Crippen molar-refractivity contribution in [3.8, 4) is 0 Å². The largest absolute Gasteiger partial charge is 0.328 e. The van der Waals surface area contributed by atoms with Crippen molar-refractivity contribution in [2.75, 3.05) is 11.4 Å². The van der Waals surface area contributed by atoms with Gasteiger partial charge in [0.2, 0.25) is 6.41 Å². The van der Waals surface area contributed by atoms with E-state index in [1.165, 1.54) is 11.3 Å². The number of benzene rings is 1. The number of hydrogen-bond donors (Lipinski definition) is 1. The van der Waals surface area contributed by atoms with Crippen LogP contribution in [0.3, 0.4) is 0 Å². The lowest BCUT2D eigenvalue weighted by molar-refractivity contribution is -0.109. The van der Waals surface area contributed by atoms with Crippen molar-refractivity contribution in [2.24, 2.45) is 5.10 Å². The molecule has 0 atom stereocenters. The molecule has 4 nitrogen and oxygen atoms in total. The first-order chi connectivity index (χ1) is 8.12. The summed E-state index contributed by atoms with van der Waals surface area (Å²) in [6.07, 6.45) is 0.597. The van der Waals surface area contributed by atoms with E-state index in [0.717, 1.165) is 12.4 Å². The third-order valence-electron chi connectivity index (χ3n) is 3.22. The van der Waals surface area contributed by atoms with Gasteiger partial charge in [-0.1, -0.05) is 18.2 Å². The summed E-state index contributed by atoms with van der Waals surface area (Å²) < 4.78 is 0. The zero-order valence-electron chi connectivity index (χ0n) is 10.4. The molecule has 0 spiro atoms. The second-order valence-corrected chi connectivity index (χ2v) is 4.57. The molecule has 4 heteroatoms.